The van der Waals surface area contributed by atoms with Gasteiger partial charge in [0.1, 0.15) is 4.21 Å². The summed E-state index contributed by atoms with van der Waals surface area (Å²) in [5.74, 6) is -0.491. The van der Waals surface area contributed by atoms with E-state index in [2.05, 4.69) is 6.58 Å². The maximum Gasteiger partial charge on any atom is 0.252 e. The van der Waals surface area contributed by atoms with E-state index in [1.165, 1.54) is 21.3 Å². The Morgan fingerprint density at radius 1 is 1.31 bits per heavy atom. The number of sulfonamides is 1. The molecule has 2 rings (SSSR count). The van der Waals surface area contributed by atoms with Gasteiger partial charge in [-0.1, -0.05) is 18.2 Å². The summed E-state index contributed by atoms with van der Waals surface area (Å²) in [7, 11) is -3.61. The molecule has 0 aliphatic carbocycles. The van der Waals surface area contributed by atoms with E-state index in [9.17, 15) is 18.0 Å². The third-order valence-corrected chi connectivity index (χ3v) is 7.74. The molecule has 0 aromatic carbocycles. The molecule has 2 amide bonds. The van der Waals surface area contributed by atoms with Crippen molar-refractivity contribution in [3.05, 3.63) is 29.1 Å². The average molecular weight is 420 g/mol. The van der Waals surface area contributed by atoms with E-state index < -0.39 is 10.0 Å². The van der Waals surface area contributed by atoms with Crippen molar-refractivity contribution in [2.75, 3.05) is 39.3 Å². The first-order chi connectivity index (χ1) is 12.3. The largest absolute Gasteiger partial charge is 0.340 e. The van der Waals surface area contributed by atoms with E-state index in [1.807, 2.05) is 0 Å². The van der Waals surface area contributed by atoms with E-state index in [4.69, 9.17) is 11.6 Å². The number of halogens is 1. The van der Waals surface area contributed by atoms with Gasteiger partial charge in [0, 0.05) is 32.7 Å². The smallest absolute Gasteiger partial charge is 0.252 e. The predicted octanol–water partition coefficient (Wildman–Crippen LogP) is 1.66. The van der Waals surface area contributed by atoms with E-state index >= 15 is 0 Å². The fourth-order valence-corrected chi connectivity index (χ4v) is 5.79. The van der Waals surface area contributed by atoms with Gasteiger partial charge in [0.05, 0.1) is 10.9 Å². The van der Waals surface area contributed by atoms with Crippen molar-refractivity contribution in [2.45, 2.75) is 17.6 Å². The first-order valence-corrected chi connectivity index (χ1v) is 10.9. The highest BCUT2D eigenvalue weighted by Gasteiger charge is 2.29. The number of thiophene rings is 1. The van der Waals surface area contributed by atoms with Gasteiger partial charge in [0.25, 0.3) is 10.0 Å². The van der Waals surface area contributed by atoms with Crippen LogP contribution in [0.5, 0.6) is 0 Å². The first-order valence-electron chi connectivity index (χ1n) is 8.24. The Morgan fingerprint density at radius 2 is 2.04 bits per heavy atom. The summed E-state index contributed by atoms with van der Waals surface area (Å²) in [5, 5.41) is 0. The lowest BCUT2D eigenvalue weighted by Gasteiger charge is -2.25. The zero-order chi connectivity index (χ0) is 19.3. The Morgan fingerprint density at radius 3 is 2.62 bits per heavy atom. The summed E-state index contributed by atoms with van der Waals surface area (Å²) >= 11 is 6.87. The molecule has 0 unspecified atom stereocenters. The Balaban J connectivity index is 2.02. The average Bonchev–Trinajstić information content (AvgIpc) is 2.91. The number of carbonyl (C=O) groups excluding carboxylic acids is 2. The Labute approximate surface area is 162 Å². The molecule has 2 heterocycles. The second kappa shape index (κ2) is 8.98. The molecule has 0 radical (unpaired) electrons. The van der Waals surface area contributed by atoms with Gasteiger partial charge in [-0.15, -0.1) is 11.3 Å². The van der Waals surface area contributed by atoms with Crippen LogP contribution in [0.3, 0.4) is 0 Å². The van der Waals surface area contributed by atoms with Gasteiger partial charge in [-0.2, -0.15) is 4.31 Å². The highest BCUT2D eigenvalue weighted by molar-refractivity contribution is 7.91. The number of amides is 2. The fraction of sp³-hybridized carbons (Fsp3) is 0.500. The van der Waals surface area contributed by atoms with Crippen LogP contribution >= 0.6 is 22.9 Å². The third-order valence-electron chi connectivity index (χ3n) is 4.14. The van der Waals surface area contributed by atoms with Crippen LogP contribution in [0.4, 0.5) is 0 Å². The van der Waals surface area contributed by atoms with E-state index in [0.717, 1.165) is 11.3 Å². The number of carbonyl (C=O) groups is 2. The minimum absolute atomic E-state index is 0.0331. The van der Waals surface area contributed by atoms with Gasteiger partial charge in [0.15, 0.2) is 0 Å². The summed E-state index contributed by atoms with van der Waals surface area (Å²) in [6.07, 6.45) is 1.71. The van der Waals surface area contributed by atoms with E-state index in [0.29, 0.717) is 30.4 Å². The molecule has 0 bridgehead atoms. The quantitative estimate of drug-likeness (QED) is 0.657. The summed E-state index contributed by atoms with van der Waals surface area (Å²) in [4.78, 5) is 27.2. The monoisotopic (exact) mass is 419 g/mol. The van der Waals surface area contributed by atoms with E-state index in [1.54, 1.807) is 17.9 Å². The molecule has 144 valence electrons. The zero-order valence-electron chi connectivity index (χ0n) is 14.6. The summed E-state index contributed by atoms with van der Waals surface area (Å²) in [6, 6.07) is 3.05. The van der Waals surface area contributed by atoms with Crippen LogP contribution in [0, 0.1) is 0 Å². The van der Waals surface area contributed by atoms with E-state index in [-0.39, 0.29) is 35.7 Å². The Kier molecular flexibility index (Phi) is 7.22. The summed E-state index contributed by atoms with van der Waals surface area (Å²) in [6.45, 7) is 6.89. The number of hydrogen-bond donors (Lipinski definition) is 0. The molecular weight excluding hydrogens is 398 g/mol. The van der Waals surface area contributed by atoms with Crippen LogP contribution in [-0.2, 0) is 19.6 Å². The van der Waals surface area contributed by atoms with Crippen LogP contribution in [0.2, 0.25) is 4.34 Å². The summed E-state index contributed by atoms with van der Waals surface area (Å²) < 4.78 is 27.4. The maximum atomic E-state index is 12.7. The van der Waals surface area contributed by atoms with Crippen LogP contribution in [0.25, 0.3) is 0 Å². The Bertz CT molecular complexity index is 778. The number of nitrogens with zero attached hydrogens (tertiary/aromatic N) is 3. The Hall–Kier alpha value is -1.42. The molecule has 7 nitrogen and oxygen atoms in total. The maximum absolute atomic E-state index is 12.7. The van der Waals surface area contributed by atoms with Gasteiger partial charge >= 0.3 is 0 Å². The first kappa shape index (κ1) is 20.9. The second-order valence-electron chi connectivity index (χ2n) is 5.75. The number of hydrogen-bond acceptors (Lipinski definition) is 5. The van der Waals surface area contributed by atoms with Crippen molar-refractivity contribution >= 4 is 44.8 Å². The summed E-state index contributed by atoms with van der Waals surface area (Å²) in [5.41, 5.74) is 0. The fourth-order valence-electron chi connectivity index (χ4n) is 2.69. The molecule has 1 aliphatic heterocycles. The normalized spacial score (nSPS) is 16.2. The highest BCUT2D eigenvalue weighted by atomic mass is 35.5. The topological polar surface area (TPSA) is 78.0 Å². The lowest BCUT2D eigenvalue weighted by Crippen LogP contribution is -2.44. The molecule has 0 atom stereocenters. The lowest BCUT2D eigenvalue weighted by molar-refractivity contribution is -0.137. The lowest BCUT2D eigenvalue weighted by atomic mass is 10.3. The molecule has 26 heavy (non-hydrogen) atoms. The van der Waals surface area contributed by atoms with Crippen molar-refractivity contribution in [3.63, 3.8) is 0 Å². The van der Waals surface area contributed by atoms with Crippen molar-refractivity contribution < 1.29 is 18.0 Å². The molecule has 10 heteroatoms. The molecule has 0 spiro atoms. The highest BCUT2D eigenvalue weighted by Crippen LogP contribution is 2.28. The SMILES string of the molecule is C=CC(=O)N(CC)CC(=O)N1CCCN(S(=O)(=O)c2ccc(Cl)s2)CC1. The van der Waals surface area contributed by atoms with Crippen molar-refractivity contribution in [1.82, 2.24) is 14.1 Å². The molecule has 1 aliphatic rings. The molecule has 1 fully saturated rings. The van der Waals surface area contributed by atoms with Gasteiger partial charge in [0.2, 0.25) is 11.8 Å². The van der Waals surface area contributed by atoms with Gasteiger partial charge in [-0.3, -0.25) is 9.59 Å². The predicted molar refractivity (Wildman–Crippen MR) is 102 cm³/mol. The number of likely N-dealkylation sites (N-methyl/N-ethyl adjacent to an activating group) is 1. The molecule has 1 saturated heterocycles. The van der Waals surface area contributed by atoms with Crippen LogP contribution in [-0.4, -0.2) is 73.6 Å². The minimum atomic E-state index is -3.61. The third kappa shape index (κ3) is 4.85. The molecular formula is C16H22ClN3O4S2. The minimum Gasteiger partial charge on any atom is -0.340 e. The van der Waals surface area contributed by atoms with Crippen LogP contribution in [0.15, 0.2) is 29.0 Å². The molecule has 1 aromatic heterocycles. The zero-order valence-corrected chi connectivity index (χ0v) is 16.9. The van der Waals surface area contributed by atoms with Crippen LogP contribution < -0.4 is 0 Å². The number of rotatable bonds is 6. The van der Waals surface area contributed by atoms with Crippen LogP contribution in [0.1, 0.15) is 13.3 Å². The molecule has 0 N–H and O–H groups in total. The van der Waals surface area contributed by atoms with Gasteiger partial charge < -0.3 is 9.80 Å². The van der Waals surface area contributed by atoms with Crippen molar-refractivity contribution in [2.24, 2.45) is 0 Å². The van der Waals surface area contributed by atoms with Crippen molar-refractivity contribution in [1.29, 1.82) is 0 Å². The van der Waals surface area contributed by atoms with Gasteiger partial charge in [-0.05, 0) is 31.6 Å². The molecule has 0 saturated carbocycles. The van der Waals surface area contributed by atoms with Gasteiger partial charge in [-0.25, -0.2) is 8.42 Å². The second-order valence-corrected chi connectivity index (χ2v) is 9.63. The standard InChI is InChI=1S/C16H22ClN3O4S2/c1-3-14(21)18(4-2)12-15(22)19-8-5-9-20(11-10-19)26(23,24)16-7-6-13(17)25-16/h3,6-7H,1,4-5,8-12H2,2H3. The van der Waals surface area contributed by atoms with Crippen molar-refractivity contribution in [3.8, 4) is 0 Å². The molecule has 1 aromatic rings.